The summed E-state index contributed by atoms with van der Waals surface area (Å²) in [6.07, 6.45) is 0. The number of rotatable bonds is 6. The van der Waals surface area contributed by atoms with Crippen LogP contribution in [0, 0.1) is 0 Å². The number of ether oxygens (including phenoxy) is 1. The molecule has 1 fully saturated rings. The lowest BCUT2D eigenvalue weighted by Crippen LogP contribution is -2.48. The van der Waals surface area contributed by atoms with Gasteiger partial charge in [-0.15, -0.1) is 0 Å². The lowest BCUT2D eigenvalue weighted by Gasteiger charge is -2.35. The van der Waals surface area contributed by atoms with E-state index in [0.717, 1.165) is 11.4 Å². The van der Waals surface area contributed by atoms with Crippen LogP contribution < -0.4 is 9.64 Å². The lowest BCUT2D eigenvalue weighted by molar-refractivity contribution is 0.383. The third-order valence-electron chi connectivity index (χ3n) is 5.98. The number of nitrogens with zero attached hydrogens (tertiary/aromatic N) is 3. The summed E-state index contributed by atoms with van der Waals surface area (Å²) in [6.45, 7) is 1.79. The number of methoxy groups -OCH3 is 1. The van der Waals surface area contributed by atoms with Gasteiger partial charge in [-0.25, -0.2) is 8.42 Å². The fourth-order valence-corrected chi connectivity index (χ4v) is 5.68. The molecule has 9 heteroatoms. The highest BCUT2D eigenvalue weighted by molar-refractivity contribution is 7.89. The van der Waals surface area contributed by atoms with Crippen LogP contribution >= 0.6 is 11.6 Å². The normalized spacial score (nSPS) is 14.7. The molecule has 0 saturated carbocycles. The summed E-state index contributed by atoms with van der Waals surface area (Å²) in [5.41, 5.74) is 2.32. The lowest BCUT2D eigenvalue weighted by atomic mass is 10.2. The van der Waals surface area contributed by atoms with Gasteiger partial charge in [0.05, 0.1) is 7.11 Å². The molecule has 0 bridgehead atoms. The fraction of sp³-hybridized carbons (Fsp3) is 0.192. The smallest absolute Gasteiger partial charge is 0.264 e. The highest BCUT2D eigenvalue weighted by Crippen LogP contribution is 2.35. The molecule has 7 nitrogen and oxygen atoms in total. The number of aromatic nitrogens is 1. The Balaban J connectivity index is 1.45. The minimum atomic E-state index is -3.91. The van der Waals surface area contributed by atoms with Crippen molar-refractivity contribution < 1.29 is 17.6 Å². The van der Waals surface area contributed by atoms with Crippen LogP contribution in [0.3, 0.4) is 0 Å². The van der Waals surface area contributed by atoms with Crippen molar-refractivity contribution in [2.24, 2.45) is 0 Å². The molecular weight excluding hydrogens is 486 g/mol. The third kappa shape index (κ3) is 4.77. The first-order valence-electron chi connectivity index (χ1n) is 11.2. The molecule has 0 N–H and O–H groups in total. The van der Waals surface area contributed by atoms with Gasteiger partial charge in [0.25, 0.3) is 10.0 Å². The second kappa shape index (κ2) is 9.73. The summed E-state index contributed by atoms with van der Waals surface area (Å²) in [7, 11) is -2.28. The molecule has 0 atom stereocenters. The largest absolute Gasteiger partial charge is 0.497 e. The van der Waals surface area contributed by atoms with E-state index in [9.17, 15) is 8.42 Å². The third-order valence-corrected chi connectivity index (χ3v) is 8.05. The molecule has 3 aromatic carbocycles. The van der Waals surface area contributed by atoms with E-state index in [-0.39, 0.29) is 16.7 Å². The predicted molar refractivity (Wildman–Crippen MR) is 136 cm³/mol. The molecule has 1 aliphatic rings. The van der Waals surface area contributed by atoms with Gasteiger partial charge in [0, 0.05) is 48.0 Å². The average molecular weight is 510 g/mol. The van der Waals surface area contributed by atoms with E-state index in [1.54, 1.807) is 31.4 Å². The van der Waals surface area contributed by atoms with Crippen LogP contribution in [-0.4, -0.2) is 51.0 Å². The Morgan fingerprint density at radius 3 is 2.14 bits per heavy atom. The Hall–Kier alpha value is -3.33. The first-order valence-corrected chi connectivity index (χ1v) is 13.0. The molecule has 4 aromatic rings. The first-order chi connectivity index (χ1) is 17.0. The minimum absolute atomic E-state index is 0.0865. The molecule has 180 valence electrons. The van der Waals surface area contributed by atoms with Crippen molar-refractivity contribution in [2.75, 3.05) is 38.2 Å². The summed E-state index contributed by atoms with van der Waals surface area (Å²) >= 11 is 6.05. The molecule has 0 radical (unpaired) electrons. The van der Waals surface area contributed by atoms with Crippen LogP contribution in [0.1, 0.15) is 0 Å². The molecule has 0 unspecified atom stereocenters. The molecular formula is C26H24ClN3O4S. The summed E-state index contributed by atoms with van der Waals surface area (Å²) in [5.74, 6) is 1.24. The molecule has 1 saturated heterocycles. The average Bonchev–Trinajstić information content (AvgIpc) is 3.36. The van der Waals surface area contributed by atoms with E-state index in [2.05, 4.69) is 9.88 Å². The number of hydrogen-bond acceptors (Lipinski definition) is 6. The first kappa shape index (κ1) is 23.4. The van der Waals surface area contributed by atoms with E-state index in [1.807, 2.05) is 54.6 Å². The van der Waals surface area contributed by atoms with E-state index in [4.69, 9.17) is 20.8 Å². The van der Waals surface area contributed by atoms with Crippen LogP contribution in [-0.2, 0) is 10.0 Å². The zero-order valence-electron chi connectivity index (χ0n) is 19.1. The van der Waals surface area contributed by atoms with Crippen molar-refractivity contribution in [3.63, 3.8) is 0 Å². The summed E-state index contributed by atoms with van der Waals surface area (Å²) in [4.78, 5) is 6.62. The Kier molecular flexibility index (Phi) is 6.51. The quantitative estimate of drug-likeness (QED) is 0.356. The van der Waals surface area contributed by atoms with Gasteiger partial charge in [0.15, 0.2) is 5.76 Å². The van der Waals surface area contributed by atoms with Crippen LogP contribution in [0.25, 0.3) is 22.8 Å². The van der Waals surface area contributed by atoms with Crippen LogP contribution in [0.4, 0.5) is 5.69 Å². The standard InChI is InChI=1S/C26H24ClN3O4S/c1-33-23-13-11-22(12-14-23)29-15-17-30(18-16-29)35(31,32)26-24(19-7-9-21(27)10-8-19)34-25(28-26)20-5-3-2-4-6-20/h2-14H,15-18H2,1H3. The number of halogens is 1. The summed E-state index contributed by atoms with van der Waals surface area (Å²) < 4.78 is 40.3. The van der Waals surface area contributed by atoms with Gasteiger partial charge in [-0.2, -0.15) is 9.29 Å². The van der Waals surface area contributed by atoms with Crippen LogP contribution in [0.15, 0.2) is 88.3 Å². The van der Waals surface area contributed by atoms with Crippen molar-refractivity contribution in [1.29, 1.82) is 0 Å². The Morgan fingerprint density at radius 1 is 0.857 bits per heavy atom. The second-order valence-electron chi connectivity index (χ2n) is 8.12. The van der Waals surface area contributed by atoms with Crippen molar-refractivity contribution in [1.82, 2.24) is 9.29 Å². The molecule has 0 amide bonds. The van der Waals surface area contributed by atoms with Gasteiger partial charge in [-0.3, -0.25) is 0 Å². The Labute approximate surface area is 209 Å². The van der Waals surface area contributed by atoms with E-state index in [1.165, 1.54) is 4.31 Å². The predicted octanol–water partition coefficient (Wildman–Crippen LogP) is 5.18. The Bertz CT molecular complexity index is 1400. The van der Waals surface area contributed by atoms with Gasteiger partial charge in [-0.1, -0.05) is 29.8 Å². The van der Waals surface area contributed by atoms with Gasteiger partial charge < -0.3 is 14.1 Å². The fourth-order valence-electron chi connectivity index (χ4n) is 4.07. The van der Waals surface area contributed by atoms with E-state index >= 15 is 0 Å². The molecule has 2 heterocycles. The molecule has 5 rings (SSSR count). The van der Waals surface area contributed by atoms with Crippen molar-refractivity contribution >= 4 is 27.3 Å². The van der Waals surface area contributed by atoms with Gasteiger partial charge >= 0.3 is 0 Å². The van der Waals surface area contributed by atoms with Gasteiger partial charge in [0.1, 0.15) is 5.75 Å². The maximum atomic E-state index is 13.8. The number of anilines is 1. The van der Waals surface area contributed by atoms with Gasteiger partial charge in [-0.05, 0) is 60.7 Å². The van der Waals surface area contributed by atoms with Crippen LogP contribution in [0.2, 0.25) is 5.02 Å². The molecule has 35 heavy (non-hydrogen) atoms. The molecule has 0 aliphatic carbocycles. The van der Waals surface area contributed by atoms with E-state index < -0.39 is 10.0 Å². The molecule has 0 spiro atoms. The second-order valence-corrected chi connectivity index (χ2v) is 10.4. The molecule has 1 aliphatic heterocycles. The maximum Gasteiger partial charge on any atom is 0.264 e. The number of benzene rings is 3. The van der Waals surface area contributed by atoms with Crippen molar-refractivity contribution in [3.8, 4) is 28.5 Å². The maximum absolute atomic E-state index is 13.8. The highest BCUT2D eigenvalue weighted by Gasteiger charge is 2.35. The minimum Gasteiger partial charge on any atom is -0.497 e. The van der Waals surface area contributed by atoms with E-state index in [0.29, 0.717) is 42.3 Å². The summed E-state index contributed by atoms with van der Waals surface area (Å²) in [6, 6.07) is 23.9. The van der Waals surface area contributed by atoms with Gasteiger partial charge in [0.2, 0.25) is 10.9 Å². The molecule has 1 aromatic heterocycles. The monoisotopic (exact) mass is 509 g/mol. The number of sulfonamides is 1. The number of hydrogen-bond donors (Lipinski definition) is 0. The van der Waals surface area contributed by atoms with Crippen molar-refractivity contribution in [2.45, 2.75) is 5.03 Å². The van der Waals surface area contributed by atoms with Crippen molar-refractivity contribution in [3.05, 3.63) is 83.9 Å². The number of oxazole rings is 1. The highest BCUT2D eigenvalue weighted by atomic mass is 35.5. The van der Waals surface area contributed by atoms with Crippen LogP contribution in [0.5, 0.6) is 5.75 Å². The number of piperazine rings is 1. The topological polar surface area (TPSA) is 75.9 Å². The zero-order valence-corrected chi connectivity index (χ0v) is 20.7. The summed E-state index contributed by atoms with van der Waals surface area (Å²) in [5, 5.41) is 0.465. The SMILES string of the molecule is COc1ccc(N2CCN(S(=O)(=O)c3nc(-c4ccccc4)oc3-c3ccc(Cl)cc3)CC2)cc1. The Morgan fingerprint density at radius 2 is 1.51 bits per heavy atom. The zero-order chi connectivity index (χ0) is 24.4.